The fraction of sp³-hybridized carbons (Fsp3) is 0.429. The molecule has 3 fully saturated rings. The van der Waals surface area contributed by atoms with E-state index in [9.17, 15) is 0 Å². The van der Waals surface area contributed by atoms with Crippen LogP contribution in [0.5, 0.6) is 0 Å². The summed E-state index contributed by atoms with van der Waals surface area (Å²) in [5, 5.41) is 10.2. The van der Waals surface area contributed by atoms with Crippen molar-refractivity contribution < 1.29 is 0 Å². The Kier molecular flexibility index (Phi) is 5.63. The monoisotopic (exact) mass is 443 g/mol. The van der Waals surface area contributed by atoms with Crippen LogP contribution in [0.25, 0.3) is 22.4 Å². The number of rotatable bonds is 5. The molecule has 0 spiro atoms. The van der Waals surface area contributed by atoms with Gasteiger partial charge in [-0.1, -0.05) is 80.4 Å². The Hall–Kier alpha value is -2.17. The third-order valence-corrected chi connectivity index (χ3v) is 8.96. The Balaban J connectivity index is 1.41. The van der Waals surface area contributed by atoms with Crippen molar-refractivity contribution in [3.05, 3.63) is 65.7 Å². The van der Waals surface area contributed by atoms with E-state index in [-0.39, 0.29) is 0 Å². The van der Waals surface area contributed by atoms with Gasteiger partial charge in [-0.25, -0.2) is 0 Å². The molecular weight excluding hydrogens is 410 g/mol. The van der Waals surface area contributed by atoms with Crippen LogP contribution in [0.15, 0.2) is 59.6 Å². The third kappa shape index (κ3) is 3.88. The average molecular weight is 444 g/mol. The van der Waals surface area contributed by atoms with E-state index >= 15 is 0 Å². The number of hydrogen-bond acceptors (Lipinski definition) is 4. The van der Waals surface area contributed by atoms with Crippen molar-refractivity contribution in [1.29, 1.82) is 0 Å². The second-order valence-electron chi connectivity index (χ2n) is 10.5. The van der Waals surface area contributed by atoms with Gasteiger partial charge in [-0.2, -0.15) is 0 Å². The first-order valence-corrected chi connectivity index (χ1v) is 12.6. The van der Waals surface area contributed by atoms with Crippen LogP contribution in [0.4, 0.5) is 0 Å². The van der Waals surface area contributed by atoms with Gasteiger partial charge in [0.1, 0.15) is 10.7 Å². The molecule has 2 aromatic carbocycles. The highest BCUT2D eigenvalue weighted by atomic mass is 32.2. The van der Waals surface area contributed by atoms with E-state index in [4.69, 9.17) is 5.10 Å². The minimum atomic E-state index is 0.510. The first kappa shape index (κ1) is 21.7. The number of nitrogens with zero attached hydrogens (tertiary/aromatic N) is 2. The van der Waals surface area contributed by atoms with Gasteiger partial charge in [0.05, 0.1) is 0 Å². The maximum Gasteiger partial charge on any atom is 0.134 e. The second kappa shape index (κ2) is 8.31. The van der Waals surface area contributed by atoms with Crippen LogP contribution in [0, 0.1) is 37.0 Å². The number of fused-ring (bicyclic) bond motifs is 2. The van der Waals surface area contributed by atoms with Crippen LogP contribution >= 0.6 is 11.9 Å². The first-order valence-electron chi connectivity index (χ1n) is 11.8. The summed E-state index contributed by atoms with van der Waals surface area (Å²) in [7, 11) is 0. The van der Waals surface area contributed by atoms with E-state index < -0.39 is 0 Å². The van der Waals surface area contributed by atoms with Gasteiger partial charge in [-0.3, -0.25) is 4.72 Å². The zero-order chi connectivity index (χ0) is 22.5. The van der Waals surface area contributed by atoms with E-state index in [0.29, 0.717) is 17.4 Å². The second-order valence-corrected chi connectivity index (χ2v) is 11.3. The summed E-state index contributed by atoms with van der Waals surface area (Å²) in [5.41, 5.74) is 7.37. The van der Waals surface area contributed by atoms with Gasteiger partial charge < -0.3 is 0 Å². The molecule has 2 bridgehead atoms. The number of benzene rings is 2. The molecule has 3 nitrogen and oxygen atoms in total. The highest BCUT2D eigenvalue weighted by Gasteiger charge is 2.56. The average Bonchev–Trinajstić information content (AvgIpc) is 2.79. The van der Waals surface area contributed by atoms with Gasteiger partial charge in [-0.15, -0.1) is 10.2 Å². The van der Waals surface area contributed by atoms with Gasteiger partial charge in [-0.05, 0) is 73.4 Å². The fourth-order valence-corrected chi connectivity index (χ4v) is 6.58. The fourth-order valence-electron chi connectivity index (χ4n) is 5.74. The van der Waals surface area contributed by atoms with Crippen LogP contribution in [-0.2, 0) is 0 Å². The standard InChI is InChI=1S/C28H33N3S/c1-17-6-10-20(11-7-17)23-16-26(29-30-27(23)21-12-8-18(2)9-13-21)32-31-25-15-22-14-24(19(25)3)28(22,4)5/h6-13,16,19,22,24-25,31H,14-15H2,1-5H3. The van der Waals surface area contributed by atoms with Gasteiger partial charge in [0, 0.05) is 17.2 Å². The minimum Gasteiger partial charge on any atom is -0.255 e. The summed E-state index contributed by atoms with van der Waals surface area (Å²) in [6.07, 6.45) is 2.66. The quantitative estimate of drug-likeness (QED) is 0.427. The van der Waals surface area contributed by atoms with E-state index in [2.05, 4.69) is 99.0 Å². The van der Waals surface area contributed by atoms with Crippen LogP contribution in [0.1, 0.15) is 44.7 Å². The Morgan fingerprint density at radius 1 is 0.875 bits per heavy atom. The largest absolute Gasteiger partial charge is 0.255 e. The maximum absolute atomic E-state index is 4.70. The lowest BCUT2D eigenvalue weighted by atomic mass is 9.45. The van der Waals surface area contributed by atoms with Crippen molar-refractivity contribution in [1.82, 2.24) is 14.9 Å². The molecule has 4 unspecified atom stereocenters. The topological polar surface area (TPSA) is 37.8 Å². The van der Waals surface area contributed by atoms with E-state index in [0.717, 1.165) is 33.7 Å². The molecule has 1 aromatic heterocycles. The van der Waals surface area contributed by atoms with Gasteiger partial charge in [0.25, 0.3) is 0 Å². The minimum absolute atomic E-state index is 0.510. The van der Waals surface area contributed by atoms with E-state index in [1.807, 2.05) is 0 Å². The molecule has 3 aromatic rings. The van der Waals surface area contributed by atoms with Crippen molar-refractivity contribution >= 4 is 11.9 Å². The lowest BCUT2D eigenvalue weighted by molar-refractivity contribution is -0.111. The van der Waals surface area contributed by atoms with Crippen molar-refractivity contribution in [3.63, 3.8) is 0 Å². The molecule has 3 aliphatic rings. The number of aryl methyl sites for hydroxylation is 2. The zero-order valence-corrected chi connectivity index (χ0v) is 20.5. The highest BCUT2D eigenvalue weighted by molar-refractivity contribution is 7.97. The predicted molar refractivity (Wildman–Crippen MR) is 134 cm³/mol. The van der Waals surface area contributed by atoms with Gasteiger partial charge in [0.15, 0.2) is 0 Å². The number of nitrogens with one attached hydrogen (secondary N) is 1. The summed E-state index contributed by atoms with van der Waals surface area (Å²) in [6.45, 7) is 11.6. The molecule has 6 rings (SSSR count). The summed E-state index contributed by atoms with van der Waals surface area (Å²) in [4.78, 5) is 0. The zero-order valence-electron chi connectivity index (χ0n) is 19.7. The van der Waals surface area contributed by atoms with Crippen molar-refractivity contribution in [2.75, 3.05) is 0 Å². The van der Waals surface area contributed by atoms with Crippen molar-refractivity contribution in [3.8, 4) is 22.4 Å². The molecule has 0 saturated heterocycles. The Morgan fingerprint density at radius 3 is 2.09 bits per heavy atom. The number of aromatic nitrogens is 2. The number of hydrogen-bond donors (Lipinski definition) is 1. The molecule has 166 valence electrons. The van der Waals surface area contributed by atoms with E-state index in [1.165, 1.54) is 29.5 Å². The van der Waals surface area contributed by atoms with Crippen molar-refractivity contribution in [2.45, 2.75) is 58.5 Å². The lowest BCUT2D eigenvalue weighted by Gasteiger charge is -2.62. The lowest BCUT2D eigenvalue weighted by Crippen LogP contribution is -2.59. The Morgan fingerprint density at radius 2 is 1.50 bits per heavy atom. The molecule has 4 heteroatoms. The molecule has 4 atom stereocenters. The smallest absolute Gasteiger partial charge is 0.134 e. The Bertz CT molecular complexity index is 1100. The summed E-state index contributed by atoms with van der Waals surface area (Å²) < 4.78 is 3.75. The molecule has 1 N–H and O–H groups in total. The highest BCUT2D eigenvalue weighted by Crippen LogP contribution is 2.61. The van der Waals surface area contributed by atoms with E-state index in [1.54, 1.807) is 11.9 Å². The molecular formula is C28H33N3S. The van der Waals surface area contributed by atoms with Crippen LogP contribution in [0.3, 0.4) is 0 Å². The molecule has 1 heterocycles. The summed E-state index contributed by atoms with van der Waals surface area (Å²) in [6, 6.07) is 20.0. The van der Waals surface area contributed by atoms with Gasteiger partial charge in [0.2, 0.25) is 0 Å². The summed E-state index contributed by atoms with van der Waals surface area (Å²) in [5.74, 6) is 2.37. The van der Waals surface area contributed by atoms with Crippen molar-refractivity contribution in [2.24, 2.45) is 23.2 Å². The Labute approximate surface area is 196 Å². The first-order chi connectivity index (χ1) is 15.3. The predicted octanol–water partition coefficient (Wildman–Crippen LogP) is 7.09. The van der Waals surface area contributed by atoms with Crippen LogP contribution in [0.2, 0.25) is 0 Å². The summed E-state index contributed by atoms with van der Waals surface area (Å²) >= 11 is 1.65. The van der Waals surface area contributed by atoms with Crippen LogP contribution < -0.4 is 4.72 Å². The molecule has 0 aliphatic heterocycles. The third-order valence-electron chi connectivity index (χ3n) is 8.13. The van der Waals surface area contributed by atoms with Gasteiger partial charge >= 0.3 is 0 Å². The molecule has 32 heavy (non-hydrogen) atoms. The SMILES string of the molecule is Cc1ccc(-c2cc(SNC3CC4CC(C3C)C4(C)C)nnc2-c2ccc(C)cc2)cc1. The van der Waals surface area contributed by atoms with Crippen LogP contribution in [-0.4, -0.2) is 16.2 Å². The molecule has 3 saturated carbocycles. The maximum atomic E-state index is 4.70. The molecule has 0 radical (unpaired) electrons. The molecule has 0 amide bonds. The normalized spacial score (nSPS) is 25.9. The molecule has 3 aliphatic carbocycles.